The molecule has 0 aliphatic heterocycles. The van der Waals surface area contributed by atoms with Gasteiger partial charge in [0.25, 0.3) is 0 Å². The second-order valence-electron chi connectivity index (χ2n) is 6.16. The molecule has 142 valence electrons. The molecule has 0 radical (unpaired) electrons. The Balaban J connectivity index is 1.63. The summed E-state index contributed by atoms with van der Waals surface area (Å²) in [4.78, 5) is 28.4. The van der Waals surface area contributed by atoms with Crippen molar-refractivity contribution in [3.63, 3.8) is 0 Å². The average molecular weight is 404 g/mol. The number of carbonyl (C=O) groups is 1. The highest BCUT2D eigenvalue weighted by molar-refractivity contribution is 7.99. The number of anilines is 1. The number of nitrogens with one attached hydrogen (secondary N) is 2. The molecule has 0 saturated carbocycles. The van der Waals surface area contributed by atoms with Crippen molar-refractivity contribution in [2.24, 2.45) is 0 Å². The zero-order chi connectivity index (χ0) is 19.4. The van der Waals surface area contributed by atoms with Crippen molar-refractivity contribution in [2.45, 2.75) is 38.9 Å². The molecule has 3 aromatic rings. The Hall–Kier alpha value is -2.39. The minimum Gasteiger partial charge on any atom is -0.301 e. The molecule has 2 N–H and O–H groups in total. The number of hydrogen-bond donors (Lipinski definition) is 2. The van der Waals surface area contributed by atoms with Crippen LogP contribution in [0.4, 0.5) is 5.13 Å². The third-order valence-electron chi connectivity index (χ3n) is 3.92. The maximum Gasteiger partial charge on any atom is 0.343 e. The lowest BCUT2D eigenvalue weighted by Crippen LogP contribution is -2.18. The fourth-order valence-electron chi connectivity index (χ4n) is 2.59. The van der Waals surface area contributed by atoms with Gasteiger partial charge < -0.3 is 5.32 Å². The maximum absolute atomic E-state index is 12.2. The summed E-state index contributed by atoms with van der Waals surface area (Å²) in [5.41, 5.74) is 3.99. The molecule has 0 aliphatic rings. The standard InChI is InChI=1S/C18H21N5O2S2/c1-4-7-23-17(25)21-22-18(23)27-10-15(24)20-16-19-14(9-26-16)13-8-11(2)5-6-12(13)3/h5-6,8-9H,4,7,10H2,1-3H3,(H,21,25)(H,19,20,24). The number of aryl methyl sites for hydroxylation is 2. The van der Waals surface area contributed by atoms with Crippen molar-refractivity contribution in [3.8, 4) is 11.3 Å². The highest BCUT2D eigenvalue weighted by Crippen LogP contribution is 2.28. The van der Waals surface area contributed by atoms with Gasteiger partial charge in [0.1, 0.15) is 0 Å². The Kier molecular flexibility index (Phi) is 6.12. The van der Waals surface area contributed by atoms with E-state index in [4.69, 9.17) is 0 Å². The molecule has 0 saturated heterocycles. The third-order valence-corrected chi connectivity index (χ3v) is 5.66. The summed E-state index contributed by atoms with van der Waals surface area (Å²) < 4.78 is 1.54. The Morgan fingerprint density at radius 2 is 2.19 bits per heavy atom. The molecule has 1 amide bonds. The van der Waals surface area contributed by atoms with E-state index in [0.717, 1.165) is 23.2 Å². The van der Waals surface area contributed by atoms with E-state index in [2.05, 4.69) is 38.7 Å². The van der Waals surface area contributed by atoms with Crippen LogP contribution in [0.1, 0.15) is 24.5 Å². The molecule has 0 atom stereocenters. The Bertz CT molecular complexity index is 1010. The molecule has 27 heavy (non-hydrogen) atoms. The molecule has 9 heteroatoms. The van der Waals surface area contributed by atoms with Gasteiger partial charge in [-0.15, -0.1) is 16.4 Å². The number of carbonyl (C=O) groups excluding carboxylic acids is 1. The average Bonchev–Trinajstić information content (AvgIpc) is 3.23. The van der Waals surface area contributed by atoms with E-state index in [-0.39, 0.29) is 17.3 Å². The highest BCUT2D eigenvalue weighted by Gasteiger charge is 2.13. The van der Waals surface area contributed by atoms with Gasteiger partial charge in [-0.3, -0.25) is 9.36 Å². The summed E-state index contributed by atoms with van der Waals surface area (Å²) in [6.45, 7) is 6.65. The van der Waals surface area contributed by atoms with Gasteiger partial charge in [0.2, 0.25) is 5.91 Å². The zero-order valence-electron chi connectivity index (χ0n) is 15.4. The SMILES string of the molecule is CCCn1c(SCC(=O)Nc2nc(-c3cc(C)ccc3C)cs2)n[nH]c1=O. The van der Waals surface area contributed by atoms with Crippen LogP contribution in [0.5, 0.6) is 0 Å². The van der Waals surface area contributed by atoms with Crippen LogP contribution in [0, 0.1) is 13.8 Å². The maximum atomic E-state index is 12.2. The molecular formula is C18H21N5O2S2. The number of rotatable bonds is 7. The third kappa shape index (κ3) is 4.67. The van der Waals surface area contributed by atoms with E-state index in [1.54, 1.807) is 4.57 Å². The van der Waals surface area contributed by atoms with Gasteiger partial charge in [0.05, 0.1) is 11.4 Å². The van der Waals surface area contributed by atoms with E-state index in [0.29, 0.717) is 16.8 Å². The molecule has 2 aromatic heterocycles. The molecule has 0 fully saturated rings. The van der Waals surface area contributed by atoms with Gasteiger partial charge in [-0.05, 0) is 31.9 Å². The van der Waals surface area contributed by atoms with Crippen LogP contribution in [0.2, 0.25) is 0 Å². The van der Waals surface area contributed by atoms with Crippen LogP contribution in [0.3, 0.4) is 0 Å². The first-order valence-electron chi connectivity index (χ1n) is 8.59. The molecule has 0 aliphatic carbocycles. The lowest BCUT2D eigenvalue weighted by Gasteiger charge is -2.04. The minimum absolute atomic E-state index is 0.159. The van der Waals surface area contributed by atoms with Crippen LogP contribution in [-0.4, -0.2) is 31.4 Å². The molecular weight excluding hydrogens is 382 g/mol. The lowest BCUT2D eigenvalue weighted by molar-refractivity contribution is -0.113. The number of nitrogens with zero attached hydrogens (tertiary/aromatic N) is 3. The van der Waals surface area contributed by atoms with Crippen molar-refractivity contribution >= 4 is 34.1 Å². The van der Waals surface area contributed by atoms with Crippen LogP contribution < -0.4 is 11.0 Å². The molecule has 0 spiro atoms. The number of benzene rings is 1. The van der Waals surface area contributed by atoms with Gasteiger partial charge in [0.15, 0.2) is 10.3 Å². The molecule has 0 unspecified atom stereocenters. The topological polar surface area (TPSA) is 92.7 Å². The Labute approximate surface area is 165 Å². The lowest BCUT2D eigenvalue weighted by atomic mass is 10.0. The van der Waals surface area contributed by atoms with E-state index in [1.807, 2.05) is 26.2 Å². The summed E-state index contributed by atoms with van der Waals surface area (Å²) >= 11 is 2.62. The number of H-pyrrole nitrogens is 1. The quantitative estimate of drug-likeness (QED) is 0.590. The van der Waals surface area contributed by atoms with E-state index < -0.39 is 0 Å². The van der Waals surface area contributed by atoms with Gasteiger partial charge in [-0.2, -0.15) is 0 Å². The Morgan fingerprint density at radius 3 is 2.96 bits per heavy atom. The summed E-state index contributed by atoms with van der Waals surface area (Å²) in [7, 11) is 0. The van der Waals surface area contributed by atoms with E-state index in [9.17, 15) is 9.59 Å². The van der Waals surface area contributed by atoms with Gasteiger partial charge >= 0.3 is 5.69 Å². The van der Waals surface area contributed by atoms with Crippen molar-refractivity contribution in [1.29, 1.82) is 0 Å². The predicted molar refractivity (Wildman–Crippen MR) is 110 cm³/mol. The number of thioether (sulfide) groups is 1. The normalized spacial score (nSPS) is 10.9. The highest BCUT2D eigenvalue weighted by atomic mass is 32.2. The predicted octanol–water partition coefficient (Wildman–Crippen LogP) is 3.45. The Morgan fingerprint density at radius 1 is 1.37 bits per heavy atom. The molecule has 2 heterocycles. The first-order valence-corrected chi connectivity index (χ1v) is 10.5. The second-order valence-corrected chi connectivity index (χ2v) is 7.96. The summed E-state index contributed by atoms with van der Waals surface area (Å²) in [6, 6.07) is 6.23. The second kappa shape index (κ2) is 8.53. The first-order chi connectivity index (χ1) is 13.0. The van der Waals surface area contributed by atoms with Crippen LogP contribution in [-0.2, 0) is 11.3 Å². The zero-order valence-corrected chi connectivity index (χ0v) is 17.0. The fraction of sp³-hybridized carbons (Fsp3) is 0.333. The smallest absolute Gasteiger partial charge is 0.301 e. The number of aromatic amines is 1. The van der Waals surface area contributed by atoms with Gasteiger partial charge in [-0.25, -0.2) is 14.9 Å². The molecule has 0 bridgehead atoms. The van der Waals surface area contributed by atoms with Crippen LogP contribution >= 0.6 is 23.1 Å². The van der Waals surface area contributed by atoms with Gasteiger partial charge in [0, 0.05) is 17.5 Å². The minimum atomic E-state index is -0.252. The number of amides is 1. The number of thiazole rings is 1. The van der Waals surface area contributed by atoms with Crippen molar-refractivity contribution < 1.29 is 4.79 Å². The van der Waals surface area contributed by atoms with Crippen LogP contribution in [0.15, 0.2) is 33.5 Å². The summed E-state index contributed by atoms with van der Waals surface area (Å²) in [5, 5.41) is 12.2. The van der Waals surface area contributed by atoms with Gasteiger partial charge in [-0.1, -0.05) is 36.4 Å². The number of aromatic nitrogens is 4. The van der Waals surface area contributed by atoms with Crippen molar-refractivity contribution in [2.75, 3.05) is 11.1 Å². The monoisotopic (exact) mass is 403 g/mol. The summed E-state index contributed by atoms with van der Waals surface area (Å²) in [6.07, 6.45) is 0.819. The largest absolute Gasteiger partial charge is 0.343 e. The molecule has 3 rings (SSSR count). The van der Waals surface area contributed by atoms with E-state index in [1.165, 1.54) is 28.7 Å². The van der Waals surface area contributed by atoms with Crippen LogP contribution in [0.25, 0.3) is 11.3 Å². The number of hydrogen-bond acceptors (Lipinski definition) is 6. The summed E-state index contributed by atoms with van der Waals surface area (Å²) in [5.74, 6) is -0.0211. The molecule has 1 aromatic carbocycles. The fourth-order valence-corrected chi connectivity index (χ4v) is 4.09. The van der Waals surface area contributed by atoms with E-state index >= 15 is 0 Å². The molecule has 7 nitrogen and oxygen atoms in total. The van der Waals surface area contributed by atoms with Crippen molar-refractivity contribution in [3.05, 3.63) is 45.2 Å². The van der Waals surface area contributed by atoms with Crippen molar-refractivity contribution in [1.82, 2.24) is 19.7 Å². The first kappa shape index (κ1) is 19.4.